The second kappa shape index (κ2) is 8.57. The largest absolute Gasteiger partial charge is 0.497 e. The first-order valence-corrected chi connectivity index (χ1v) is 9.13. The van der Waals surface area contributed by atoms with E-state index in [2.05, 4.69) is 20.8 Å². The Morgan fingerprint density at radius 3 is 2.81 bits per heavy atom. The molecule has 0 unspecified atom stereocenters. The van der Waals surface area contributed by atoms with Crippen LogP contribution in [-0.2, 0) is 0 Å². The zero-order chi connectivity index (χ0) is 19.2. The number of methoxy groups -OCH3 is 1. The number of nitrogens with zero attached hydrogens (tertiary/aromatic N) is 2. The first-order valence-electron chi connectivity index (χ1n) is 9.13. The number of urea groups is 1. The average molecular weight is 371 g/mol. The van der Waals surface area contributed by atoms with Crippen LogP contribution in [0.3, 0.4) is 0 Å². The van der Waals surface area contributed by atoms with Crippen molar-refractivity contribution in [3.8, 4) is 5.75 Å². The molecule has 0 radical (unpaired) electrons. The third-order valence-electron chi connectivity index (χ3n) is 4.71. The lowest BCUT2D eigenvalue weighted by molar-refractivity contribution is 0.0706. The van der Waals surface area contributed by atoms with Crippen LogP contribution >= 0.6 is 0 Å². The molecule has 3 N–H and O–H groups in total. The number of nitrogens with one attached hydrogen (secondary N) is 3. The number of aromatic amines is 1. The summed E-state index contributed by atoms with van der Waals surface area (Å²) in [5.41, 5.74) is 2.15. The molecule has 3 rings (SSSR count). The van der Waals surface area contributed by atoms with Gasteiger partial charge >= 0.3 is 6.03 Å². The van der Waals surface area contributed by atoms with E-state index in [0.717, 1.165) is 24.3 Å². The van der Waals surface area contributed by atoms with Crippen molar-refractivity contribution in [1.29, 1.82) is 0 Å². The van der Waals surface area contributed by atoms with Crippen molar-refractivity contribution in [1.82, 2.24) is 20.4 Å². The molecule has 1 aromatic heterocycles. The van der Waals surface area contributed by atoms with E-state index in [1.54, 1.807) is 37.6 Å². The van der Waals surface area contributed by atoms with Crippen molar-refractivity contribution in [2.24, 2.45) is 0 Å². The van der Waals surface area contributed by atoms with Gasteiger partial charge in [-0.15, -0.1) is 0 Å². The van der Waals surface area contributed by atoms with E-state index in [9.17, 15) is 9.59 Å². The number of amides is 3. The molecule has 1 aromatic carbocycles. The Bertz CT molecular complexity index is 787. The number of hydrogen-bond acceptors (Lipinski definition) is 4. The Hall–Kier alpha value is -3.03. The minimum atomic E-state index is -0.262. The Kier molecular flexibility index (Phi) is 5.95. The van der Waals surface area contributed by atoms with Gasteiger partial charge in [0.15, 0.2) is 0 Å². The molecule has 0 saturated carbocycles. The summed E-state index contributed by atoms with van der Waals surface area (Å²) in [6, 6.07) is 6.88. The normalized spacial score (nSPS) is 16.7. The molecule has 8 heteroatoms. The molecule has 1 aliphatic heterocycles. The van der Waals surface area contributed by atoms with Crippen LogP contribution in [-0.4, -0.2) is 53.8 Å². The van der Waals surface area contributed by atoms with Gasteiger partial charge in [0.2, 0.25) is 0 Å². The number of anilines is 1. The van der Waals surface area contributed by atoms with Crippen LogP contribution in [0.5, 0.6) is 5.75 Å². The van der Waals surface area contributed by atoms with Crippen LogP contribution in [0.25, 0.3) is 0 Å². The summed E-state index contributed by atoms with van der Waals surface area (Å²) in [7, 11) is 1.60. The SMILES string of the molecule is CCNC(=O)Nc1cn[nH]c1[C@H]1CCCN(C(=O)c2ccc(OC)cc2)C1. The summed E-state index contributed by atoms with van der Waals surface area (Å²) in [6.45, 7) is 3.71. The number of piperidine rings is 1. The fourth-order valence-corrected chi connectivity index (χ4v) is 3.35. The van der Waals surface area contributed by atoms with E-state index in [1.807, 2.05) is 11.8 Å². The molecule has 0 bridgehead atoms. The topological polar surface area (TPSA) is 99.4 Å². The second-order valence-electron chi connectivity index (χ2n) is 6.50. The Labute approximate surface area is 158 Å². The molecule has 2 heterocycles. The van der Waals surface area contributed by atoms with E-state index in [4.69, 9.17) is 4.74 Å². The van der Waals surface area contributed by atoms with Gasteiger partial charge in [-0.1, -0.05) is 0 Å². The van der Waals surface area contributed by atoms with Crippen molar-refractivity contribution in [3.05, 3.63) is 41.7 Å². The minimum absolute atomic E-state index is 0.0000959. The van der Waals surface area contributed by atoms with Gasteiger partial charge in [-0.05, 0) is 44.0 Å². The van der Waals surface area contributed by atoms with Gasteiger partial charge in [-0.25, -0.2) is 4.79 Å². The summed E-state index contributed by atoms with van der Waals surface area (Å²) in [5, 5.41) is 12.6. The number of carbonyl (C=O) groups excluding carboxylic acids is 2. The van der Waals surface area contributed by atoms with Crippen LogP contribution < -0.4 is 15.4 Å². The van der Waals surface area contributed by atoms with Gasteiger partial charge in [-0.3, -0.25) is 9.89 Å². The number of H-pyrrole nitrogens is 1. The van der Waals surface area contributed by atoms with E-state index < -0.39 is 0 Å². The van der Waals surface area contributed by atoms with Crippen LogP contribution in [0.2, 0.25) is 0 Å². The van der Waals surface area contributed by atoms with E-state index in [-0.39, 0.29) is 17.9 Å². The quantitative estimate of drug-likeness (QED) is 0.752. The lowest BCUT2D eigenvalue weighted by Gasteiger charge is -2.32. The number of aromatic nitrogens is 2. The molecule has 1 aliphatic rings. The Balaban J connectivity index is 1.70. The lowest BCUT2D eigenvalue weighted by Crippen LogP contribution is -2.39. The van der Waals surface area contributed by atoms with E-state index >= 15 is 0 Å². The van der Waals surface area contributed by atoms with Gasteiger partial charge in [-0.2, -0.15) is 5.10 Å². The number of likely N-dealkylation sites (tertiary alicyclic amines) is 1. The number of benzene rings is 1. The summed E-state index contributed by atoms with van der Waals surface area (Å²) in [4.78, 5) is 26.5. The van der Waals surface area contributed by atoms with Crippen LogP contribution in [0, 0.1) is 0 Å². The third-order valence-corrected chi connectivity index (χ3v) is 4.71. The molecule has 144 valence electrons. The minimum Gasteiger partial charge on any atom is -0.497 e. The molecule has 2 aromatic rings. The number of hydrogen-bond donors (Lipinski definition) is 3. The maximum Gasteiger partial charge on any atom is 0.319 e. The van der Waals surface area contributed by atoms with Crippen molar-refractivity contribution in [2.45, 2.75) is 25.7 Å². The highest BCUT2D eigenvalue weighted by molar-refractivity contribution is 5.94. The zero-order valence-electron chi connectivity index (χ0n) is 15.6. The summed E-state index contributed by atoms with van der Waals surface area (Å²) in [5.74, 6) is 0.821. The Morgan fingerprint density at radius 1 is 1.33 bits per heavy atom. The first-order chi connectivity index (χ1) is 13.1. The molecule has 1 atom stereocenters. The fraction of sp³-hybridized carbons (Fsp3) is 0.421. The predicted octanol–water partition coefficient (Wildman–Crippen LogP) is 2.58. The van der Waals surface area contributed by atoms with Crippen LogP contribution in [0.15, 0.2) is 30.5 Å². The van der Waals surface area contributed by atoms with Gasteiger partial charge < -0.3 is 20.3 Å². The standard InChI is InChI=1S/C19H25N5O3/c1-3-20-19(26)22-16-11-21-23-17(16)14-5-4-10-24(12-14)18(25)13-6-8-15(27-2)9-7-13/h6-9,11,14H,3-5,10,12H2,1-2H3,(H,21,23)(H2,20,22,26)/t14-/m0/s1. The van der Waals surface area contributed by atoms with E-state index in [1.165, 1.54) is 0 Å². The second-order valence-corrected chi connectivity index (χ2v) is 6.50. The smallest absolute Gasteiger partial charge is 0.319 e. The molecule has 1 fully saturated rings. The molecule has 3 amide bonds. The number of ether oxygens (including phenoxy) is 1. The summed E-state index contributed by atoms with van der Waals surface area (Å²) in [6.07, 6.45) is 3.43. The highest BCUT2D eigenvalue weighted by Crippen LogP contribution is 2.31. The highest BCUT2D eigenvalue weighted by atomic mass is 16.5. The zero-order valence-corrected chi connectivity index (χ0v) is 15.6. The average Bonchev–Trinajstić information content (AvgIpc) is 3.16. The van der Waals surface area contributed by atoms with Gasteiger partial charge in [0, 0.05) is 31.1 Å². The van der Waals surface area contributed by atoms with E-state index in [0.29, 0.717) is 30.9 Å². The Morgan fingerprint density at radius 2 is 2.11 bits per heavy atom. The monoisotopic (exact) mass is 371 g/mol. The predicted molar refractivity (Wildman–Crippen MR) is 102 cm³/mol. The highest BCUT2D eigenvalue weighted by Gasteiger charge is 2.28. The fourth-order valence-electron chi connectivity index (χ4n) is 3.35. The first kappa shape index (κ1) is 18.8. The van der Waals surface area contributed by atoms with Crippen molar-refractivity contribution < 1.29 is 14.3 Å². The maximum atomic E-state index is 12.8. The number of rotatable bonds is 5. The molecule has 0 spiro atoms. The molecular formula is C19H25N5O3. The van der Waals surface area contributed by atoms with Crippen molar-refractivity contribution in [3.63, 3.8) is 0 Å². The molecule has 1 saturated heterocycles. The van der Waals surface area contributed by atoms with Crippen molar-refractivity contribution in [2.75, 3.05) is 32.1 Å². The number of carbonyl (C=O) groups is 2. The molecular weight excluding hydrogens is 346 g/mol. The summed E-state index contributed by atoms with van der Waals surface area (Å²) >= 11 is 0. The third kappa shape index (κ3) is 4.39. The van der Waals surface area contributed by atoms with Crippen LogP contribution in [0.4, 0.5) is 10.5 Å². The molecule has 8 nitrogen and oxygen atoms in total. The summed E-state index contributed by atoms with van der Waals surface area (Å²) < 4.78 is 5.15. The maximum absolute atomic E-state index is 12.8. The van der Waals surface area contributed by atoms with Gasteiger partial charge in [0.1, 0.15) is 5.75 Å². The molecule has 27 heavy (non-hydrogen) atoms. The van der Waals surface area contributed by atoms with Crippen LogP contribution in [0.1, 0.15) is 41.7 Å². The lowest BCUT2D eigenvalue weighted by atomic mass is 9.93. The van der Waals surface area contributed by atoms with Crippen molar-refractivity contribution >= 4 is 17.6 Å². The molecule has 0 aliphatic carbocycles. The van der Waals surface area contributed by atoms with Gasteiger partial charge in [0.05, 0.1) is 24.7 Å². The van der Waals surface area contributed by atoms with Gasteiger partial charge in [0.25, 0.3) is 5.91 Å².